The molecule has 0 unspecified atom stereocenters. The molecule has 0 aliphatic rings. The summed E-state index contributed by atoms with van der Waals surface area (Å²) < 4.78 is 0. The zero-order chi connectivity index (χ0) is 17.0. The van der Waals surface area contributed by atoms with Crippen molar-refractivity contribution >= 4 is 29.0 Å². The Morgan fingerprint density at radius 2 is 1.87 bits per heavy atom. The van der Waals surface area contributed by atoms with Crippen LogP contribution in [0, 0.1) is 13.8 Å². The molecule has 0 bridgehead atoms. The number of hydrogen-bond donors (Lipinski definition) is 1. The maximum Gasteiger partial charge on any atom is 0.275 e. The fourth-order valence-electron chi connectivity index (χ4n) is 2.40. The van der Waals surface area contributed by atoms with Crippen molar-refractivity contribution in [1.82, 2.24) is 9.97 Å². The van der Waals surface area contributed by atoms with Crippen LogP contribution in [0.2, 0.25) is 5.02 Å². The first-order chi connectivity index (χ1) is 11.0. The van der Waals surface area contributed by atoms with Gasteiger partial charge in [-0.15, -0.1) is 0 Å². The van der Waals surface area contributed by atoms with Crippen molar-refractivity contribution in [2.75, 3.05) is 23.3 Å². The lowest BCUT2D eigenvalue weighted by molar-refractivity contribution is 0.102. The largest absolute Gasteiger partial charge is 0.356 e. The zero-order valence-electron chi connectivity index (χ0n) is 13.9. The van der Waals surface area contributed by atoms with Crippen LogP contribution in [0.15, 0.2) is 24.5 Å². The molecule has 0 spiro atoms. The first-order valence-electron chi connectivity index (χ1n) is 7.61. The molecule has 0 aliphatic carbocycles. The van der Waals surface area contributed by atoms with Gasteiger partial charge in [0.1, 0.15) is 11.5 Å². The third-order valence-electron chi connectivity index (χ3n) is 3.63. The number of rotatable bonds is 5. The number of carbonyl (C=O) groups is 1. The number of aryl methyl sites for hydroxylation is 2. The molecule has 1 amide bonds. The fraction of sp³-hybridized carbons (Fsp3) is 0.353. The van der Waals surface area contributed by atoms with Crippen LogP contribution in [-0.2, 0) is 0 Å². The molecule has 0 aliphatic heterocycles. The number of benzene rings is 1. The van der Waals surface area contributed by atoms with Gasteiger partial charge in [-0.3, -0.25) is 4.79 Å². The van der Waals surface area contributed by atoms with E-state index in [9.17, 15) is 4.79 Å². The van der Waals surface area contributed by atoms with Gasteiger partial charge in [-0.2, -0.15) is 0 Å². The number of nitrogens with zero attached hydrogens (tertiary/aromatic N) is 3. The van der Waals surface area contributed by atoms with E-state index < -0.39 is 0 Å². The van der Waals surface area contributed by atoms with Gasteiger partial charge < -0.3 is 10.2 Å². The minimum atomic E-state index is -0.322. The molecular formula is C17H21ClN4O. The van der Waals surface area contributed by atoms with Crippen molar-refractivity contribution in [3.63, 3.8) is 0 Å². The second-order valence-electron chi connectivity index (χ2n) is 5.32. The Morgan fingerprint density at radius 1 is 1.17 bits per heavy atom. The van der Waals surface area contributed by atoms with Crippen molar-refractivity contribution in [1.29, 1.82) is 0 Å². The van der Waals surface area contributed by atoms with E-state index in [1.165, 1.54) is 6.20 Å². The van der Waals surface area contributed by atoms with Crippen LogP contribution in [0.5, 0.6) is 0 Å². The van der Waals surface area contributed by atoms with Gasteiger partial charge in [0.05, 0.1) is 23.1 Å². The number of halogens is 1. The van der Waals surface area contributed by atoms with Gasteiger partial charge in [-0.05, 0) is 44.9 Å². The van der Waals surface area contributed by atoms with Crippen LogP contribution >= 0.6 is 11.6 Å². The average molecular weight is 333 g/mol. The van der Waals surface area contributed by atoms with Gasteiger partial charge in [0.25, 0.3) is 5.91 Å². The molecule has 0 atom stereocenters. The lowest BCUT2D eigenvalue weighted by Gasteiger charge is -2.19. The maximum atomic E-state index is 12.3. The highest BCUT2D eigenvalue weighted by atomic mass is 35.5. The molecule has 2 aromatic rings. The van der Waals surface area contributed by atoms with Crippen molar-refractivity contribution in [2.45, 2.75) is 27.7 Å². The fourth-order valence-corrected chi connectivity index (χ4v) is 2.77. The molecule has 23 heavy (non-hydrogen) atoms. The van der Waals surface area contributed by atoms with E-state index in [4.69, 9.17) is 11.6 Å². The molecule has 2 rings (SSSR count). The van der Waals surface area contributed by atoms with Crippen molar-refractivity contribution in [3.8, 4) is 0 Å². The predicted molar refractivity (Wildman–Crippen MR) is 94.5 cm³/mol. The number of carbonyl (C=O) groups excluding carboxylic acids is 1. The summed E-state index contributed by atoms with van der Waals surface area (Å²) in [5.41, 5.74) is 2.83. The lowest BCUT2D eigenvalue weighted by Crippen LogP contribution is -2.23. The highest BCUT2D eigenvalue weighted by Crippen LogP contribution is 2.27. The monoisotopic (exact) mass is 332 g/mol. The van der Waals surface area contributed by atoms with Gasteiger partial charge in [0.2, 0.25) is 0 Å². The average Bonchev–Trinajstić information content (AvgIpc) is 2.52. The SMILES string of the molecule is CCN(CC)c1cnc(C(=O)Nc2c(C)cc(C)cc2Cl)cn1. The Morgan fingerprint density at radius 3 is 2.39 bits per heavy atom. The van der Waals surface area contributed by atoms with Crippen LogP contribution in [0.4, 0.5) is 11.5 Å². The van der Waals surface area contributed by atoms with Gasteiger partial charge in [-0.1, -0.05) is 17.7 Å². The number of anilines is 2. The number of nitrogens with one attached hydrogen (secondary N) is 1. The second kappa shape index (κ2) is 7.42. The molecule has 6 heteroatoms. The van der Waals surface area contributed by atoms with Gasteiger partial charge in [0.15, 0.2) is 0 Å². The Labute approximate surface area is 141 Å². The topological polar surface area (TPSA) is 58.1 Å². The van der Waals surface area contributed by atoms with E-state index in [0.29, 0.717) is 10.7 Å². The van der Waals surface area contributed by atoms with Gasteiger partial charge >= 0.3 is 0 Å². The molecule has 0 radical (unpaired) electrons. The van der Waals surface area contributed by atoms with Crippen LogP contribution in [0.1, 0.15) is 35.5 Å². The van der Waals surface area contributed by atoms with E-state index >= 15 is 0 Å². The molecular weight excluding hydrogens is 312 g/mol. The first kappa shape index (κ1) is 17.2. The Kier molecular flexibility index (Phi) is 5.55. The Bertz CT molecular complexity index is 673. The number of aromatic nitrogens is 2. The molecule has 0 saturated carbocycles. The highest BCUT2D eigenvalue weighted by molar-refractivity contribution is 6.34. The van der Waals surface area contributed by atoms with Crippen LogP contribution in [0.3, 0.4) is 0 Å². The number of amides is 1. The van der Waals surface area contributed by atoms with Gasteiger partial charge in [-0.25, -0.2) is 9.97 Å². The van der Waals surface area contributed by atoms with E-state index in [1.54, 1.807) is 6.20 Å². The molecule has 5 nitrogen and oxygen atoms in total. The summed E-state index contributed by atoms with van der Waals surface area (Å²) in [4.78, 5) is 22.9. The summed E-state index contributed by atoms with van der Waals surface area (Å²) in [5, 5.41) is 3.33. The van der Waals surface area contributed by atoms with Crippen LogP contribution < -0.4 is 10.2 Å². The van der Waals surface area contributed by atoms with Crippen molar-refractivity contribution < 1.29 is 4.79 Å². The van der Waals surface area contributed by atoms with E-state index in [1.807, 2.05) is 39.8 Å². The maximum absolute atomic E-state index is 12.3. The van der Waals surface area contributed by atoms with E-state index in [-0.39, 0.29) is 11.6 Å². The summed E-state index contributed by atoms with van der Waals surface area (Å²) in [6.07, 6.45) is 3.10. The lowest BCUT2D eigenvalue weighted by atomic mass is 10.1. The van der Waals surface area contributed by atoms with E-state index in [0.717, 1.165) is 30.0 Å². The normalized spacial score (nSPS) is 10.5. The highest BCUT2D eigenvalue weighted by Gasteiger charge is 2.13. The summed E-state index contributed by atoms with van der Waals surface area (Å²) in [5.74, 6) is 0.438. The summed E-state index contributed by atoms with van der Waals surface area (Å²) in [6.45, 7) is 9.65. The van der Waals surface area contributed by atoms with Gasteiger partial charge in [0, 0.05) is 13.1 Å². The molecule has 1 aromatic heterocycles. The van der Waals surface area contributed by atoms with Crippen molar-refractivity contribution in [3.05, 3.63) is 46.4 Å². The Hall–Kier alpha value is -2.14. The molecule has 1 heterocycles. The Balaban J connectivity index is 2.19. The third-order valence-corrected chi connectivity index (χ3v) is 3.93. The predicted octanol–water partition coefficient (Wildman–Crippen LogP) is 3.85. The number of hydrogen-bond acceptors (Lipinski definition) is 4. The molecule has 1 N–H and O–H groups in total. The molecule has 0 saturated heterocycles. The third kappa shape index (κ3) is 3.99. The molecule has 122 valence electrons. The standard InChI is InChI=1S/C17H21ClN4O/c1-5-22(6-2)15-10-19-14(9-20-15)17(23)21-16-12(4)7-11(3)8-13(16)18/h7-10H,5-6H2,1-4H3,(H,21,23). The van der Waals surface area contributed by atoms with Crippen LogP contribution in [-0.4, -0.2) is 29.0 Å². The van der Waals surface area contributed by atoms with Crippen LogP contribution in [0.25, 0.3) is 0 Å². The zero-order valence-corrected chi connectivity index (χ0v) is 14.6. The summed E-state index contributed by atoms with van der Waals surface area (Å²) >= 11 is 6.21. The quantitative estimate of drug-likeness (QED) is 0.903. The minimum Gasteiger partial charge on any atom is -0.356 e. The van der Waals surface area contributed by atoms with Crippen molar-refractivity contribution in [2.24, 2.45) is 0 Å². The van der Waals surface area contributed by atoms with E-state index in [2.05, 4.69) is 20.2 Å². The summed E-state index contributed by atoms with van der Waals surface area (Å²) in [7, 11) is 0. The first-order valence-corrected chi connectivity index (χ1v) is 7.99. The molecule has 1 aromatic carbocycles. The second-order valence-corrected chi connectivity index (χ2v) is 5.73. The smallest absolute Gasteiger partial charge is 0.275 e. The minimum absolute atomic E-state index is 0.261. The summed E-state index contributed by atoms with van der Waals surface area (Å²) in [6, 6.07) is 3.79. The molecule has 0 fully saturated rings.